The summed E-state index contributed by atoms with van der Waals surface area (Å²) in [5.41, 5.74) is -1.51. The van der Waals surface area contributed by atoms with Gasteiger partial charge >= 0.3 is 0 Å². The molecule has 0 unspecified atom stereocenters. The lowest BCUT2D eigenvalue weighted by atomic mass is 9.93. The summed E-state index contributed by atoms with van der Waals surface area (Å²) in [4.78, 5) is 0. The van der Waals surface area contributed by atoms with Gasteiger partial charge in [0.05, 0.1) is 5.41 Å². The summed E-state index contributed by atoms with van der Waals surface area (Å²) in [7, 11) is 0. The van der Waals surface area contributed by atoms with Crippen LogP contribution >= 0.6 is 0 Å². The van der Waals surface area contributed by atoms with Crippen LogP contribution < -0.4 is 0 Å². The van der Waals surface area contributed by atoms with Gasteiger partial charge < -0.3 is 0 Å². The Hall–Kier alpha value is -0.470. The third-order valence-corrected chi connectivity index (χ3v) is 1.32. The third kappa shape index (κ3) is 2.05. The minimum atomic E-state index is -1.51. The van der Waals surface area contributed by atoms with Gasteiger partial charge in [0.15, 0.2) is 0 Å². The van der Waals surface area contributed by atoms with E-state index in [0.29, 0.717) is 0 Å². The van der Waals surface area contributed by atoms with Crippen molar-refractivity contribution in [1.29, 1.82) is 0 Å². The smallest absolute Gasteiger partial charge is 0.104 e. The van der Waals surface area contributed by atoms with Crippen molar-refractivity contribution in [2.45, 2.75) is 6.92 Å². The van der Waals surface area contributed by atoms with Crippen LogP contribution in [0.15, 0.2) is 12.2 Å². The fourth-order valence-electron chi connectivity index (χ4n) is 0.594. The van der Waals surface area contributed by atoms with Gasteiger partial charge in [-0.2, -0.15) is 0 Å². The fourth-order valence-corrected chi connectivity index (χ4v) is 0.594. The van der Waals surface area contributed by atoms with E-state index in [1.165, 1.54) is 12.2 Å². The maximum atomic E-state index is 12.0. The Labute approximate surface area is 58.7 Å². The molecule has 3 heteroatoms. The monoisotopic (exact) mass is 152 g/mol. The van der Waals surface area contributed by atoms with E-state index < -0.39 is 25.4 Å². The third-order valence-electron chi connectivity index (χ3n) is 1.32. The fraction of sp³-hybridized carbons (Fsp3) is 0.714. The second-order valence-corrected chi connectivity index (χ2v) is 2.26. The molecule has 0 spiro atoms. The highest BCUT2D eigenvalue weighted by molar-refractivity contribution is 4.98. The summed E-state index contributed by atoms with van der Waals surface area (Å²) >= 11 is 0. The molecule has 0 fully saturated rings. The van der Waals surface area contributed by atoms with Crippen LogP contribution in [0.5, 0.6) is 0 Å². The topological polar surface area (TPSA) is 0 Å². The van der Waals surface area contributed by atoms with Crippen molar-refractivity contribution in [1.82, 2.24) is 0 Å². The van der Waals surface area contributed by atoms with E-state index in [1.807, 2.05) is 0 Å². The molecule has 0 nitrogen and oxygen atoms in total. The van der Waals surface area contributed by atoms with Gasteiger partial charge in [-0.25, -0.2) is 13.2 Å². The van der Waals surface area contributed by atoms with Gasteiger partial charge in [0.25, 0.3) is 0 Å². The first-order chi connectivity index (χ1) is 4.74. The molecule has 0 saturated heterocycles. The van der Waals surface area contributed by atoms with Crippen molar-refractivity contribution in [2.75, 3.05) is 20.0 Å². The number of alkyl halides is 3. The summed E-state index contributed by atoms with van der Waals surface area (Å²) < 4.78 is 35.9. The maximum absolute atomic E-state index is 12.0. The Kier molecular flexibility index (Phi) is 4.16. The van der Waals surface area contributed by atoms with Gasteiger partial charge in [0.1, 0.15) is 20.0 Å². The molecule has 0 rings (SSSR count). The quantitative estimate of drug-likeness (QED) is 0.543. The minimum absolute atomic E-state index is 0.982. The first-order valence-electron chi connectivity index (χ1n) is 3.06. The molecule has 0 aromatic rings. The minimum Gasteiger partial charge on any atom is -0.250 e. The highest BCUT2D eigenvalue weighted by atomic mass is 19.1. The largest absolute Gasteiger partial charge is 0.250 e. The molecule has 0 heterocycles. The second kappa shape index (κ2) is 4.36. The van der Waals surface area contributed by atoms with Crippen molar-refractivity contribution in [3.63, 3.8) is 0 Å². The van der Waals surface area contributed by atoms with E-state index in [4.69, 9.17) is 0 Å². The number of halogens is 3. The van der Waals surface area contributed by atoms with E-state index in [9.17, 15) is 13.2 Å². The molecule has 0 aliphatic carbocycles. The summed E-state index contributed by atoms with van der Waals surface area (Å²) in [6, 6.07) is 0. The van der Waals surface area contributed by atoms with Crippen LogP contribution in [0.25, 0.3) is 0 Å². The van der Waals surface area contributed by atoms with Crippen LogP contribution in [-0.4, -0.2) is 20.0 Å². The number of rotatable bonds is 4. The van der Waals surface area contributed by atoms with Crippen LogP contribution in [0.1, 0.15) is 6.92 Å². The van der Waals surface area contributed by atoms with Crippen LogP contribution in [0.4, 0.5) is 13.2 Å². The summed E-state index contributed by atoms with van der Waals surface area (Å²) in [5.74, 6) is 0. The average molecular weight is 152 g/mol. The summed E-state index contributed by atoms with van der Waals surface area (Å²) in [6.07, 6.45) is 2.69. The molecule has 0 amide bonds. The van der Waals surface area contributed by atoms with E-state index in [1.54, 1.807) is 6.92 Å². The molecule has 10 heavy (non-hydrogen) atoms. The van der Waals surface area contributed by atoms with E-state index in [-0.39, 0.29) is 0 Å². The van der Waals surface area contributed by atoms with Crippen molar-refractivity contribution >= 4 is 0 Å². The van der Waals surface area contributed by atoms with Crippen molar-refractivity contribution in [3.8, 4) is 0 Å². The zero-order valence-corrected chi connectivity index (χ0v) is 5.91. The van der Waals surface area contributed by atoms with Crippen molar-refractivity contribution < 1.29 is 13.2 Å². The lowest BCUT2D eigenvalue weighted by Gasteiger charge is -2.18. The number of allylic oxidation sites excluding steroid dienone is 2. The summed E-state index contributed by atoms with van der Waals surface area (Å²) in [6.45, 7) is -1.34. The molecule has 0 bridgehead atoms. The SMILES string of the molecule is CC=CC(CF)(CF)CF. The first kappa shape index (κ1) is 9.53. The molecule has 0 radical (unpaired) electrons. The molecule has 0 saturated carbocycles. The standard InChI is InChI=1S/C7H11F3/c1-2-3-7(4-8,5-9)6-10/h2-3H,4-6H2,1H3. The number of hydrogen-bond acceptors (Lipinski definition) is 0. The molecule has 0 N–H and O–H groups in total. The van der Waals surface area contributed by atoms with E-state index in [0.717, 1.165) is 0 Å². The summed E-state index contributed by atoms with van der Waals surface area (Å²) in [5, 5.41) is 0. The molecule has 0 aliphatic rings. The lowest BCUT2D eigenvalue weighted by Crippen LogP contribution is -2.25. The van der Waals surface area contributed by atoms with Crippen LogP contribution in [0.3, 0.4) is 0 Å². The van der Waals surface area contributed by atoms with E-state index >= 15 is 0 Å². The van der Waals surface area contributed by atoms with Gasteiger partial charge in [-0.3, -0.25) is 0 Å². The zero-order valence-electron chi connectivity index (χ0n) is 5.91. The van der Waals surface area contributed by atoms with E-state index in [2.05, 4.69) is 0 Å². The highest BCUT2D eigenvalue weighted by Gasteiger charge is 2.26. The molecule has 0 atom stereocenters. The Morgan fingerprint density at radius 2 is 1.50 bits per heavy atom. The zero-order chi connectivity index (χ0) is 8.04. The Morgan fingerprint density at radius 3 is 1.60 bits per heavy atom. The van der Waals surface area contributed by atoms with Crippen molar-refractivity contribution in [3.05, 3.63) is 12.2 Å². The maximum Gasteiger partial charge on any atom is 0.104 e. The van der Waals surface area contributed by atoms with Gasteiger partial charge in [-0.05, 0) is 6.92 Å². The van der Waals surface area contributed by atoms with Crippen LogP contribution in [0, 0.1) is 5.41 Å². The molecular weight excluding hydrogens is 141 g/mol. The molecule has 0 aromatic carbocycles. The van der Waals surface area contributed by atoms with Gasteiger partial charge in [-0.1, -0.05) is 12.2 Å². The first-order valence-corrected chi connectivity index (χ1v) is 3.06. The predicted octanol–water partition coefficient (Wildman–Crippen LogP) is 2.46. The highest BCUT2D eigenvalue weighted by Crippen LogP contribution is 2.21. The Bertz CT molecular complexity index is 97.2. The molecule has 0 aliphatic heterocycles. The molecular formula is C7H11F3. The average Bonchev–Trinajstić information content (AvgIpc) is 2.01. The van der Waals surface area contributed by atoms with Gasteiger partial charge in [0, 0.05) is 0 Å². The number of hydrogen-bond donors (Lipinski definition) is 0. The van der Waals surface area contributed by atoms with Gasteiger partial charge in [-0.15, -0.1) is 0 Å². The Morgan fingerprint density at radius 1 is 1.10 bits per heavy atom. The van der Waals surface area contributed by atoms with Crippen LogP contribution in [-0.2, 0) is 0 Å². The predicted molar refractivity (Wildman–Crippen MR) is 35.2 cm³/mol. The lowest BCUT2D eigenvalue weighted by molar-refractivity contribution is 0.163. The second-order valence-electron chi connectivity index (χ2n) is 2.26. The van der Waals surface area contributed by atoms with Crippen molar-refractivity contribution in [2.24, 2.45) is 5.41 Å². The molecule has 0 aromatic heterocycles. The normalized spacial score (nSPS) is 12.8. The molecule has 60 valence electrons. The van der Waals surface area contributed by atoms with Crippen LogP contribution in [0.2, 0.25) is 0 Å². The Balaban J connectivity index is 4.15. The van der Waals surface area contributed by atoms with Gasteiger partial charge in [0.2, 0.25) is 0 Å².